The van der Waals surface area contributed by atoms with E-state index in [1.165, 1.54) is 6.42 Å². The van der Waals surface area contributed by atoms with E-state index in [1.807, 2.05) is 12.1 Å². The highest BCUT2D eigenvalue weighted by Crippen LogP contribution is 2.17. The summed E-state index contributed by atoms with van der Waals surface area (Å²) in [4.78, 5) is 8.59. The maximum atomic E-state index is 8.78. The lowest BCUT2D eigenvalue weighted by Gasteiger charge is -2.05. The minimum atomic E-state index is 0.625. The Labute approximate surface area is 131 Å². The van der Waals surface area contributed by atoms with Gasteiger partial charge in [0.25, 0.3) is 0 Å². The Balaban J connectivity index is 1.88. The van der Waals surface area contributed by atoms with E-state index in [2.05, 4.69) is 35.1 Å². The van der Waals surface area contributed by atoms with Crippen molar-refractivity contribution in [3.05, 3.63) is 54.4 Å². The number of hydrogen-bond donors (Lipinski definition) is 0. The molecule has 0 N–H and O–H groups in total. The zero-order valence-corrected chi connectivity index (χ0v) is 12.7. The largest absolute Gasteiger partial charge is 0.490 e. The molecule has 0 unspecified atom stereocenters. The molecule has 0 radical (unpaired) electrons. The Hall–Kier alpha value is -2.67. The van der Waals surface area contributed by atoms with Crippen LogP contribution in [0.4, 0.5) is 0 Å². The first kappa shape index (κ1) is 15.7. The number of hydrogen-bond acceptors (Lipinski definition) is 4. The summed E-state index contributed by atoms with van der Waals surface area (Å²) in [5, 5.41) is 8.78. The fraction of sp³-hybridized carbons (Fsp3) is 0.278. The SMILES string of the molecule is CCC/C=C\CCOc1cnc(-c2ccc(C#N)cc2)nc1. The quantitative estimate of drug-likeness (QED) is 0.568. The number of aromatic nitrogens is 2. The third kappa shape index (κ3) is 4.71. The lowest BCUT2D eigenvalue weighted by Crippen LogP contribution is -1.97. The van der Waals surface area contributed by atoms with Crippen molar-refractivity contribution in [1.29, 1.82) is 5.26 Å². The van der Waals surface area contributed by atoms with Crippen LogP contribution in [0.3, 0.4) is 0 Å². The number of benzene rings is 1. The van der Waals surface area contributed by atoms with E-state index in [1.54, 1.807) is 24.5 Å². The summed E-state index contributed by atoms with van der Waals surface area (Å²) in [6, 6.07) is 9.28. The first-order chi connectivity index (χ1) is 10.8. The zero-order chi connectivity index (χ0) is 15.6. The number of unbranched alkanes of at least 4 members (excludes halogenated alkanes) is 1. The number of nitrogens with zero attached hydrogens (tertiary/aromatic N) is 3. The van der Waals surface area contributed by atoms with Crippen molar-refractivity contribution in [3.8, 4) is 23.2 Å². The normalized spacial score (nSPS) is 10.5. The third-order valence-corrected chi connectivity index (χ3v) is 3.08. The lowest BCUT2D eigenvalue weighted by atomic mass is 10.1. The molecule has 0 fully saturated rings. The summed E-state index contributed by atoms with van der Waals surface area (Å²) in [6.45, 7) is 2.79. The molecule has 4 nitrogen and oxygen atoms in total. The maximum absolute atomic E-state index is 8.78. The summed E-state index contributed by atoms with van der Waals surface area (Å²) in [5.74, 6) is 1.29. The minimum absolute atomic E-state index is 0.625. The molecule has 2 rings (SSSR count). The van der Waals surface area contributed by atoms with E-state index < -0.39 is 0 Å². The molecule has 0 amide bonds. The van der Waals surface area contributed by atoms with E-state index in [4.69, 9.17) is 10.00 Å². The van der Waals surface area contributed by atoms with Crippen LogP contribution in [-0.4, -0.2) is 16.6 Å². The van der Waals surface area contributed by atoms with E-state index in [0.717, 1.165) is 18.4 Å². The van der Waals surface area contributed by atoms with E-state index >= 15 is 0 Å². The highest BCUT2D eigenvalue weighted by atomic mass is 16.5. The monoisotopic (exact) mass is 293 g/mol. The van der Waals surface area contributed by atoms with Crippen LogP contribution >= 0.6 is 0 Å². The average Bonchev–Trinajstić information content (AvgIpc) is 2.59. The molecule has 2 aromatic rings. The predicted molar refractivity (Wildman–Crippen MR) is 86.3 cm³/mol. The van der Waals surface area contributed by atoms with Gasteiger partial charge in [0.15, 0.2) is 11.6 Å². The summed E-state index contributed by atoms with van der Waals surface area (Å²) >= 11 is 0. The molecule has 0 saturated carbocycles. The van der Waals surface area contributed by atoms with Gasteiger partial charge in [-0.1, -0.05) is 25.5 Å². The maximum Gasteiger partial charge on any atom is 0.159 e. The molecule has 22 heavy (non-hydrogen) atoms. The van der Waals surface area contributed by atoms with Gasteiger partial charge in [-0.2, -0.15) is 5.26 Å². The van der Waals surface area contributed by atoms with Crippen LogP contribution in [0.2, 0.25) is 0 Å². The molecule has 4 heteroatoms. The van der Waals surface area contributed by atoms with Crippen molar-refractivity contribution >= 4 is 0 Å². The molecule has 0 aliphatic carbocycles. The number of allylic oxidation sites excluding steroid dienone is 1. The zero-order valence-electron chi connectivity index (χ0n) is 12.7. The van der Waals surface area contributed by atoms with Crippen LogP contribution in [-0.2, 0) is 0 Å². The summed E-state index contributed by atoms with van der Waals surface area (Å²) < 4.78 is 5.59. The molecular weight excluding hydrogens is 274 g/mol. The Bertz CT molecular complexity index is 640. The van der Waals surface area contributed by atoms with Crippen LogP contribution in [0, 0.1) is 11.3 Å². The van der Waals surface area contributed by atoms with E-state index in [0.29, 0.717) is 23.7 Å². The van der Waals surface area contributed by atoms with Gasteiger partial charge in [-0.15, -0.1) is 0 Å². The Kier molecular flexibility index (Phi) is 6.13. The van der Waals surface area contributed by atoms with Crippen molar-refractivity contribution in [2.45, 2.75) is 26.2 Å². The van der Waals surface area contributed by atoms with Gasteiger partial charge < -0.3 is 4.74 Å². The van der Waals surface area contributed by atoms with Gasteiger partial charge >= 0.3 is 0 Å². The molecule has 1 aromatic heterocycles. The van der Waals surface area contributed by atoms with Gasteiger partial charge in [0.1, 0.15) is 0 Å². The van der Waals surface area contributed by atoms with Gasteiger partial charge in [-0.3, -0.25) is 0 Å². The van der Waals surface area contributed by atoms with Gasteiger partial charge in [0.05, 0.1) is 30.6 Å². The van der Waals surface area contributed by atoms with Crippen molar-refractivity contribution in [2.75, 3.05) is 6.61 Å². The molecule has 0 saturated heterocycles. The lowest BCUT2D eigenvalue weighted by molar-refractivity contribution is 0.322. The second kappa shape index (κ2) is 8.58. The highest BCUT2D eigenvalue weighted by molar-refractivity contribution is 5.56. The van der Waals surface area contributed by atoms with Gasteiger partial charge in [0.2, 0.25) is 0 Å². The molecule has 0 aliphatic heterocycles. The molecule has 1 aromatic carbocycles. The Morgan fingerprint density at radius 1 is 1.09 bits per heavy atom. The van der Waals surface area contributed by atoms with Crippen LogP contribution in [0.5, 0.6) is 5.75 Å². The molecule has 0 atom stereocenters. The van der Waals surface area contributed by atoms with E-state index in [9.17, 15) is 0 Å². The number of ether oxygens (including phenoxy) is 1. The summed E-state index contributed by atoms with van der Waals surface area (Å²) in [7, 11) is 0. The first-order valence-corrected chi connectivity index (χ1v) is 7.44. The Morgan fingerprint density at radius 2 is 1.77 bits per heavy atom. The third-order valence-electron chi connectivity index (χ3n) is 3.08. The van der Waals surface area contributed by atoms with Gasteiger partial charge in [-0.05, 0) is 37.1 Å². The topological polar surface area (TPSA) is 58.8 Å². The Morgan fingerprint density at radius 3 is 2.41 bits per heavy atom. The van der Waals surface area contributed by atoms with Crippen molar-refractivity contribution in [2.24, 2.45) is 0 Å². The van der Waals surface area contributed by atoms with Crippen LogP contribution in [0.15, 0.2) is 48.8 Å². The minimum Gasteiger partial charge on any atom is -0.490 e. The highest BCUT2D eigenvalue weighted by Gasteiger charge is 2.02. The molecule has 0 aliphatic rings. The van der Waals surface area contributed by atoms with Crippen molar-refractivity contribution in [3.63, 3.8) is 0 Å². The van der Waals surface area contributed by atoms with Crippen LogP contribution in [0.1, 0.15) is 31.7 Å². The smallest absolute Gasteiger partial charge is 0.159 e. The number of rotatable bonds is 7. The molecular formula is C18H19N3O. The van der Waals surface area contributed by atoms with Crippen molar-refractivity contribution < 1.29 is 4.74 Å². The van der Waals surface area contributed by atoms with Gasteiger partial charge in [0, 0.05) is 5.56 Å². The van der Waals surface area contributed by atoms with E-state index in [-0.39, 0.29) is 0 Å². The second-order valence-corrected chi connectivity index (χ2v) is 4.83. The van der Waals surface area contributed by atoms with Crippen LogP contribution in [0.25, 0.3) is 11.4 Å². The average molecular weight is 293 g/mol. The number of nitriles is 1. The molecule has 0 spiro atoms. The standard InChI is InChI=1S/C18H19N3O/c1-2-3-4-5-6-11-22-17-13-20-18(21-14-17)16-9-7-15(12-19)8-10-16/h4-5,7-10,13-14H,2-3,6,11H2,1H3/b5-4-. The summed E-state index contributed by atoms with van der Waals surface area (Å²) in [6.07, 6.45) is 10.8. The molecule has 112 valence electrons. The fourth-order valence-electron chi connectivity index (χ4n) is 1.88. The van der Waals surface area contributed by atoms with Crippen LogP contribution < -0.4 is 4.74 Å². The van der Waals surface area contributed by atoms with Gasteiger partial charge in [-0.25, -0.2) is 9.97 Å². The fourth-order valence-corrected chi connectivity index (χ4v) is 1.88. The predicted octanol–water partition coefficient (Wildman–Crippen LogP) is 4.14. The molecule has 1 heterocycles. The molecule has 0 bridgehead atoms. The first-order valence-electron chi connectivity index (χ1n) is 7.44. The van der Waals surface area contributed by atoms with Crippen molar-refractivity contribution in [1.82, 2.24) is 9.97 Å². The summed E-state index contributed by atoms with van der Waals surface area (Å²) in [5.41, 5.74) is 1.51. The second-order valence-electron chi connectivity index (χ2n) is 4.83.